The molecule has 0 spiro atoms. The first-order chi connectivity index (χ1) is 13.2. The summed E-state index contributed by atoms with van der Waals surface area (Å²) in [5.74, 6) is -0.161. The Bertz CT molecular complexity index is 1060. The van der Waals surface area contributed by atoms with Gasteiger partial charge in [0.05, 0.1) is 11.9 Å². The first-order valence-corrected chi connectivity index (χ1v) is 8.00. The summed E-state index contributed by atoms with van der Waals surface area (Å²) in [5, 5.41) is 12.7. The fourth-order valence-electron chi connectivity index (χ4n) is 2.42. The van der Waals surface area contributed by atoms with E-state index < -0.39 is 5.82 Å². The van der Waals surface area contributed by atoms with Gasteiger partial charge >= 0.3 is 0 Å². The van der Waals surface area contributed by atoms with Crippen LogP contribution in [0.3, 0.4) is 0 Å². The maximum atomic E-state index is 13.7. The number of carbonyl (C=O) groups is 1. The second-order valence-electron chi connectivity index (χ2n) is 5.53. The molecule has 0 saturated heterocycles. The fourth-order valence-corrected chi connectivity index (χ4v) is 2.42. The summed E-state index contributed by atoms with van der Waals surface area (Å²) in [6, 6.07) is 13.1. The van der Waals surface area contributed by atoms with Crippen molar-refractivity contribution in [1.29, 1.82) is 0 Å². The molecule has 2 heterocycles. The summed E-state index contributed by atoms with van der Waals surface area (Å²) in [4.78, 5) is 20.3. The van der Waals surface area contributed by atoms with E-state index in [1.807, 2.05) is 0 Å². The van der Waals surface area contributed by atoms with Gasteiger partial charge in [-0.2, -0.15) is 5.11 Å². The first kappa shape index (κ1) is 16.6. The van der Waals surface area contributed by atoms with Crippen molar-refractivity contribution in [2.45, 2.75) is 0 Å². The Hall–Kier alpha value is -3.88. The van der Waals surface area contributed by atoms with E-state index >= 15 is 0 Å². The number of hydrogen-bond acceptors (Lipinski definition) is 7. The van der Waals surface area contributed by atoms with E-state index in [1.54, 1.807) is 42.5 Å². The van der Waals surface area contributed by atoms with Crippen LogP contribution in [0.2, 0.25) is 0 Å². The van der Waals surface area contributed by atoms with Crippen molar-refractivity contribution in [2.24, 2.45) is 15.2 Å². The number of rotatable bonds is 4. The van der Waals surface area contributed by atoms with Gasteiger partial charge in [0.2, 0.25) is 5.96 Å². The third-order valence-electron chi connectivity index (χ3n) is 3.70. The van der Waals surface area contributed by atoms with E-state index in [4.69, 9.17) is 4.42 Å². The van der Waals surface area contributed by atoms with Crippen LogP contribution in [0.1, 0.15) is 10.4 Å². The monoisotopic (exact) mass is 364 g/mol. The highest BCUT2D eigenvalue weighted by molar-refractivity contribution is 6.06. The van der Waals surface area contributed by atoms with Crippen LogP contribution >= 0.6 is 0 Å². The molecule has 2 N–H and O–H groups in total. The van der Waals surface area contributed by atoms with Crippen molar-refractivity contribution in [2.75, 3.05) is 12.0 Å². The largest absolute Gasteiger partial charge is 0.423 e. The number of para-hydroxylation sites is 1. The fraction of sp³-hybridized carbons (Fsp3) is 0.0556. The lowest BCUT2D eigenvalue weighted by molar-refractivity contribution is 0.0976. The molecule has 134 valence electrons. The Morgan fingerprint density at radius 1 is 1.15 bits per heavy atom. The zero-order chi connectivity index (χ0) is 18.6. The summed E-state index contributed by atoms with van der Waals surface area (Å²) in [6.45, 7) is 0.214. The van der Waals surface area contributed by atoms with Gasteiger partial charge in [-0.1, -0.05) is 24.3 Å². The minimum Gasteiger partial charge on any atom is -0.423 e. The molecule has 1 aliphatic heterocycles. The highest BCUT2D eigenvalue weighted by Gasteiger charge is 2.13. The summed E-state index contributed by atoms with van der Waals surface area (Å²) in [6.07, 6.45) is 1.50. The van der Waals surface area contributed by atoms with Crippen LogP contribution in [-0.4, -0.2) is 23.5 Å². The lowest BCUT2D eigenvalue weighted by Crippen LogP contribution is -2.28. The van der Waals surface area contributed by atoms with Crippen LogP contribution in [-0.2, 0) is 0 Å². The number of nitrogens with one attached hydrogen (secondary N) is 2. The molecule has 0 atom stereocenters. The quantitative estimate of drug-likeness (QED) is 0.736. The van der Waals surface area contributed by atoms with Crippen molar-refractivity contribution in [3.05, 3.63) is 66.1 Å². The third-order valence-corrected chi connectivity index (χ3v) is 3.70. The number of aliphatic imine (C=N–C) groups is 1. The van der Waals surface area contributed by atoms with Crippen LogP contribution in [0.15, 0.2) is 74.4 Å². The molecular formula is C18H13FN6O2. The number of nitrogens with zero attached hydrogens (tertiary/aromatic N) is 4. The number of hydrogen-bond donors (Lipinski definition) is 2. The second kappa shape index (κ2) is 7.16. The number of benzene rings is 2. The molecule has 0 radical (unpaired) electrons. The van der Waals surface area contributed by atoms with Crippen molar-refractivity contribution in [3.63, 3.8) is 0 Å². The van der Waals surface area contributed by atoms with Crippen LogP contribution in [0.4, 0.5) is 16.1 Å². The van der Waals surface area contributed by atoms with Crippen molar-refractivity contribution in [3.8, 4) is 11.3 Å². The summed E-state index contributed by atoms with van der Waals surface area (Å²) >= 11 is 0. The molecular weight excluding hydrogens is 351 g/mol. The molecule has 0 unspecified atom stereocenters. The molecule has 0 saturated carbocycles. The zero-order valence-corrected chi connectivity index (χ0v) is 13.9. The van der Waals surface area contributed by atoms with Gasteiger partial charge in [0.1, 0.15) is 5.82 Å². The number of carbonyl (C=O) groups excluding carboxylic acids is 1. The van der Waals surface area contributed by atoms with Gasteiger partial charge in [0.25, 0.3) is 11.9 Å². The molecule has 1 amide bonds. The normalized spacial score (nSPS) is 12.7. The summed E-state index contributed by atoms with van der Waals surface area (Å²) < 4.78 is 19.3. The molecule has 8 nitrogen and oxygen atoms in total. The predicted octanol–water partition coefficient (Wildman–Crippen LogP) is 3.73. The van der Waals surface area contributed by atoms with Gasteiger partial charge in [-0.3, -0.25) is 10.1 Å². The van der Waals surface area contributed by atoms with E-state index in [0.29, 0.717) is 16.9 Å². The second-order valence-corrected chi connectivity index (χ2v) is 5.53. The highest BCUT2D eigenvalue weighted by atomic mass is 19.1. The Kier molecular flexibility index (Phi) is 4.40. The third kappa shape index (κ3) is 3.71. The molecule has 0 bridgehead atoms. The molecule has 0 aliphatic carbocycles. The van der Waals surface area contributed by atoms with E-state index in [1.165, 1.54) is 12.3 Å². The highest BCUT2D eigenvalue weighted by Crippen LogP contribution is 2.26. The molecule has 3 aromatic rings. The number of amides is 1. The van der Waals surface area contributed by atoms with Gasteiger partial charge < -0.3 is 9.73 Å². The molecule has 4 rings (SSSR count). The Labute approximate surface area is 152 Å². The minimum atomic E-state index is -0.414. The Balaban J connectivity index is 1.52. The average molecular weight is 364 g/mol. The van der Waals surface area contributed by atoms with Gasteiger partial charge in [0.15, 0.2) is 12.4 Å². The molecule has 9 heteroatoms. The zero-order valence-electron chi connectivity index (χ0n) is 13.9. The van der Waals surface area contributed by atoms with Crippen molar-refractivity contribution in [1.82, 2.24) is 10.3 Å². The molecule has 0 fully saturated rings. The van der Waals surface area contributed by atoms with Crippen LogP contribution in [0.25, 0.3) is 11.3 Å². The molecule has 1 aliphatic rings. The Morgan fingerprint density at radius 3 is 2.85 bits per heavy atom. The van der Waals surface area contributed by atoms with Crippen molar-refractivity contribution >= 4 is 23.6 Å². The summed E-state index contributed by atoms with van der Waals surface area (Å²) in [5.41, 5.74) is 1.30. The SMILES string of the molecule is O=C(NC1=NCN=N1)c1cccc(-c2cnc(Nc3ccccc3F)o2)c1. The van der Waals surface area contributed by atoms with Gasteiger partial charge in [-0.05, 0) is 24.3 Å². The predicted molar refractivity (Wildman–Crippen MR) is 96.2 cm³/mol. The number of anilines is 2. The lowest BCUT2D eigenvalue weighted by atomic mass is 10.1. The van der Waals surface area contributed by atoms with E-state index in [9.17, 15) is 9.18 Å². The number of guanidine groups is 1. The Morgan fingerprint density at radius 2 is 2.04 bits per heavy atom. The van der Waals surface area contributed by atoms with Gasteiger partial charge in [-0.15, -0.1) is 5.11 Å². The number of halogens is 1. The maximum absolute atomic E-state index is 13.7. The van der Waals surface area contributed by atoms with Gasteiger partial charge in [0, 0.05) is 11.1 Å². The van der Waals surface area contributed by atoms with E-state index in [0.717, 1.165) is 0 Å². The summed E-state index contributed by atoms with van der Waals surface area (Å²) in [7, 11) is 0. The smallest absolute Gasteiger partial charge is 0.299 e. The number of azo groups is 1. The number of oxazole rings is 1. The van der Waals surface area contributed by atoms with Crippen LogP contribution < -0.4 is 10.6 Å². The first-order valence-electron chi connectivity index (χ1n) is 8.00. The molecule has 2 aromatic carbocycles. The topological polar surface area (TPSA) is 104 Å². The van der Waals surface area contributed by atoms with Crippen LogP contribution in [0, 0.1) is 5.82 Å². The lowest BCUT2D eigenvalue weighted by Gasteiger charge is -2.04. The molecule has 27 heavy (non-hydrogen) atoms. The van der Waals surface area contributed by atoms with E-state index in [2.05, 4.69) is 30.8 Å². The van der Waals surface area contributed by atoms with Crippen LogP contribution in [0.5, 0.6) is 0 Å². The molecule has 1 aromatic heterocycles. The average Bonchev–Trinajstić information content (AvgIpc) is 3.36. The van der Waals surface area contributed by atoms with Crippen molar-refractivity contribution < 1.29 is 13.6 Å². The number of aromatic nitrogens is 1. The maximum Gasteiger partial charge on any atom is 0.299 e. The van der Waals surface area contributed by atoms with E-state index in [-0.39, 0.29) is 30.2 Å². The minimum absolute atomic E-state index is 0.144. The van der Waals surface area contributed by atoms with Gasteiger partial charge in [-0.25, -0.2) is 14.4 Å². The standard InChI is InChI=1S/C18H13FN6O2/c19-13-6-1-2-7-14(13)23-18-20-9-15(27-18)11-4-3-5-12(8-11)16(26)24-17-21-10-22-25-17/h1-9H,10H2,(H,20,23)(H,21,24,26).